The van der Waals surface area contributed by atoms with Crippen molar-refractivity contribution in [2.45, 2.75) is 45.8 Å². The molecule has 0 aromatic carbocycles. The van der Waals surface area contributed by atoms with Crippen LogP contribution < -0.4 is 14.4 Å². The molecular formula is C22H30N4O2. The number of piperidine rings is 1. The molecule has 0 spiro atoms. The molecule has 2 aromatic rings. The standard InChI is InChI=1S/C22H30N4O2/c1-15-10-20(11-16(2)24-15)28-19-6-5-7-26(14-19)17(3)18-12-21-22(23-13-18)25(4)8-9-27-21/h10-13,17,19H,5-9,14H2,1-4H3. The maximum Gasteiger partial charge on any atom is 0.171 e. The Morgan fingerprint density at radius 3 is 2.75 bits per heavy atom. The summed E-state index contributed by atoms with van der Waals surface area (Å²) in [4.78, 5) is 13.7. The summed E-state index contributed by atoms with van der Waals surface area (Å²) in [6, 6.07) is 6.48. The number of likely N-dealkylation sites (N-methyl/N-ethyl adjacent to an activating group) is 1. The summed E-state index contributed by atoms with van der Waals surface area (Å²) >= 11 is 0. The number of likely N-dealkylation sites (tertiary alicyclic amines) is 1. The van der Waals surface area contributed by atoms with Crippen LogP contribution in [0.1, 0.15) is 42.8 Å². The van der Waals surface area contributed by atoms with Gasteiger partial charge in [0.25, 0.3) is 0 Å². The topological polar surface area (TPSA) is 50.7 Å². The quantitative estimate of drug-likeness (QED) is 0.806. The van der Waals surface area contributed by atoms with Crippen molar-refractivity contribution in [3.8, 4) is 11.5 Å². The lowest BCUT2D eigenvalue weighted by Crippen LogP contribution is -2.42. The SMILES string of the molecule is Cc1cc(OC2CCCN(C(C)c3cnc4c(c3)OCCN4C)C2)cc(C)n1. The van der Waals surface area contributed by atoms with Crippen LogP contribution in [0, 0.1) is 13.8 Å². The highest BCUT2D eigenvalue weighted by atomic mass is 16.5. The average molecular weight is 383 g/mol. The van der Waals surface area contributed by atoms with E-state index in [0.717, 1.165) is 61.2 Å². The van der Waals surface area contributed by atoms with E-state index in [1.807, 2.05) is 32.2 Å². The average Bonchev–Trinajstić information content (AvgIpc) is 2.67. The van der Waals surface area contributed by atoms with Crippen LogP contribution in [0.25, 0.3) is 0 Å². The van der Waals surface area contributed by atoms with Gasteiger partial charge in [0.2, 0.25) is 0 Å². The van der Waals surface area contributed by atoms with Gasteiger partial charge in [-0.3, -0.25) is 9.88 Å². The third kappa shape index (κ3) is 4.07. The molecule has 28 heavy (non-hydrogen) atoms. The minimum absolute atomic E-state index is 0.199. The molecule has 0 aliphatic carbocycles. The van der Waals surface area contributed by atoms with Crippen molar-refractivity contribution >= 4 is 5.82 Å². The second kappa shape index (κ2) is 7.95. The lowest BCUT2D eigenvalue weighted by molar-refractivity contribution is 0.0655. The van der Waals surface area contributed by atoms with E-state index in [1.165, 1.54) is 5.56 Å². The molecule has 6 nitrogen and oxygen atoms in total. The van der Waals surface area contributed by atoms with E-state index in [2.05, 4.69) is 39.8 Å². The van der Waals surface area contributed by atoms with Gasteiger partial charge in [-0.15, -0.1) is 0 Å². The summed E-state index contributed by atoms with van der Waals surface area (Å²) in [6.07, 6.45) is 4.41. The summed E-state index contributed by atoms with van der Waals surface area (Å²) in [5.41, 5.74) is 3.20. The molecule has 0 radical (unpaired) electrons. The summed E-state index contributed by atoms with van der Waals surface area (Å²) < 4.78 is 12.2. The Bertz CT molecular complexity index is 821. The number of aryl methyl sites for hydroxylation is 2. The largest absolute Gasteiger partial charge is 0.489 e. The molecule has 0 saturated carbocycles. The van der Waals surface area contributed by atoms with Gasteiger partial charge in [-0.2, -0.15) is 0 Å². The van der Waals surface area contributed by atoms with Crippen molar-refractivity contribution < 1.29 is 9.47 Å². The predicted octanol–water partition coefficient (Wildman–Crippen LogP) is 3.53. The number of ether oxygens (including phenoxy) is 2. The zero-order chi connectivity index (χ0) is 19.7. The van der Waals surface area contributed by atoms with Crippen LogP contribution >= 0.6 is 0 Å². The molecule has 2 aliphatic heterocycles. The zero-order valence-corrected chi connectivity index (χ0v) is 17.3. The van der Waals surface area contributed by atoms with Crippen LogP contribution in [-0.4, -0.2) is 54.3 Å². The first-order chi connectivity index (χ1) is 13.5. The number of nitrogens with zero attached hydrogens (tertiary/aromatic N) is 4. The number of aromatic nitrogens is 2. The van der Waals surface area contributed by atoms with E-state index < -0.39 is 0 Å². The van der Waals surface area contributed by atoms with Crippen molar-refractivity contribution in [3.63, 3.8) is 0 Å². The first-order valence-electron chi connectivity index (χ1n) is 10.2. The Morgan fingerprint density at radius 1 is 1.18 bits per heavy atom. The smallest absolute Gasteiger partial charge is 0.171 e. The van der Waals surface area contributed by atoms with Gasteiger partial charge >= 0.3 is 0 Å². The molecule has 2 aliphatic rings. The number of hydrogen-bond acceptors (Lipinski definition) is 6. The Balaban J connectivity index is 1.45. The first kappa shape index (κ1) is 19.0. The molecule has 1 fully saturated rings. The van der Waals surface area contributed by atoms with Crippen LogP contribution in [0.4, 0.5) is 5.82 Å². The molecule has 150 valence electrons. The number of pyridine rings is 2. The fraction of sp³-hybridized carbons (Fsp3) is 0.545. The number of rotatable bonds is 4. The summed E-state index contributed by atoms with van der Waals surface area (Å²) in [7, 11) is 2.06. The third-order valence-electron chi connectivity index (χ3n) is 5.70. The van der Waals surface area contributed by atoms with Crippen LogP contribution in [0.5, 0.6) is 11.5 Å². The molecule has 1 saturated heterocycles. The fourth-order valence-electron chi connectivity index (χ4n) is 4.15. The van der Waals surface area contributed by atoms with Gasteiger partial charge in [0.05, 0.1) is 6.54 Å². The Hall–Kier alpha value is -2.34. The lowest BCUT2D eigenvalue weighted by atomic mass is 10.0. The Labute approximate surface area is 167 Å². The normalized spacial score (nSPS) is 21.0. The lowest BCUT2D eigenvalue weighted by Gasteiger charge is -2.37. The molecule has 0 N–H and O–H groups in total. The molecule has 2 atom stereocenters. The molecule has 4 heterocycles. The van der Waals surface area contributed by atoms with Crippen LogP contribution in [0.3, 0.4) is 0 Å². The van der Waals surface area contributed by atoms with Crippen LogP contribution in [0.15, 0.2) is 24.4 Å². The first-order valence-corrected chi connectivity index (χ1v) is 10.2. The van der Waals surface area contributed by atoms with Gasteiger partial charge in [0, 0.05) is 49.4 Å². The molecule has 4 rings (SSSR count). The van der Waals surface area contributed by atoms with Crippen LogP contribution in [0.2, 0.25) is 0 Å². The van der Waals surface area contributed by atoms with Gasteiger partial charge in [-0.25, -0.2) is 4.98 Å². The summed E-state index contributed by atoms with van der Waals surface area (Å²) in [6.45, 7) is 9.86. The number of fused-ring (bicyclic) bond motifs is 1. The minimum Gasteiger partial charge on any atom is -0.489 e. The van der Waals surface area contributed by atoms with E-state index in [4.69, 9.17) is 9.47 Å². The molecular weight excluding hydrogens is 352 g/mol. The molecule has 2 unspecified atom stereocenters. The number of hydrogen-bond donors (Lipinski definition) is 0. The highest BCUT2D eigenvalue weighted by Gasteiger charge is 2.27. The van der Waals surface area contributed by atoms with E-state index in [-0.39, 0.29) is 12.1 Å². The second-order valence-electron chi connectivity index (χ2n) is 8.00. The zero-order valence-electron chi connectivity index (χ0n) is 17.3. The second-order valence-corrected chi connectivity index (χ2v) is 8.00. The summed E-state index contributed by atoms with van der Waals surface area (Å²) in [5.74, 6) is 2.76. The van der Waals surface area contributed by atoms with Crippen molar-refractivity contribution in [2.75, 3.05) is 38.2 Å². The van der Waals surface area contributed by atoms with Crippen molar-refractivity contribution in [1.29, 1.82) is 0 Å². The molecule has 0 amide bonds. The monoisotopic (exact) mass is 382 g/mol. The van der Waals surface area contributed by atoms with E-state index in [1.54, 1.807) is 0 Å². The van der Waals surface area contributed by atoms with Gasteiger partial charge in [0.15, 0.2) is 11.6 Å². The molecule has 6 heteroatoms. The van der Waals surface area contributed by atoms with E-state index >= 15 is 0 Å². The van der Waals surface area contributed by atoms with Gasteiger partial charge in [-0.1, -0.05) is 0 Å². The molecule has 0 bridgehead atoms. The third-order valence-corrected chi connectivity index (χ3v) is 5.70. The Kier molecular flexibility index (Phi) is 5.40. The van der Waals surface area contributed by atoms with E-state index in [0.29, 0.717) is 6.61 Å². The minimum atomic E-state index is 0.199. The maximum absolute atomic E-state index is 6.31. The van der Waals surface area contributed by atoms with Gasteiger partial charge in [0.1, 0.15) is 18.5 Å². The van der Waals surface area contributed by atoms with Crippen molar-refractivity contribution in [3.05, 3.63) is 41.3 Å². The van der Waals surface area contributed by atoms with Crippen LogP contribution in [-0.2, 0) is 0 Å². The fourth-order valence-corrected chi connectivity index (χ4v) is 4.15. The Morgan fingerprint density at radius 2 is 1.96 bits per heavy atom. The molecule has 2 aromatic heterocycles. The van der Waals surface area contributed by atoms with Crippen molar-refractivity contribution in [2.24, 2.45) is 0 Å². The van der Waals surface area contributed by atoms with E-state index in [9.17, 15) is 0 Å². The maximum atomic E-state index is 6.31. The number of anilines is 1. The highest BCUT2D eigenvalue weighted by molar-refractivity contribution is 5.54. The highest BCUT2D eigenvalue weighted by Crippen LogP contribution is 2.33. The van der Waals surface area contributed by atoms with Crippen molar-refractivity contribution in [1.82, 2.24) is 14.9 Å². The predicted molar refractivity (Wildman–Crippen MR) is 110 cm³/mol. The van der Waals surface area contributed by atoms with Gasteiger partial charge < -0.3 is 14.4 Å². The van der Waals surface area contributed by atoms with Gasteiger partial charge in [-0.05, 0) is 51.8 Å². The summed E-state index contributed by atoms with van der Waals surface area (Å²) in [5, 5.41) is 0.